The molecule has 2 unspecified atom stereocenters. The van der Waals surface area contributed by atoms with Gasteiger partial charge >= 0.3 is 0 Å². The summed E-state index contributed by atoms with van der Waals surface area (Å²) < 4.78 is 0. The molecular weight excluding hydrogens is 168 g/mol. The van der Waals surface area contributed by atoms with Gasteiger partial charge < -0.3 is 10.6 Å². The summed E-state index contributed by atoms with van der Waals surface area (Å²) in [6.45, 7) is 8.62. The van der Waals surface area contributed by atoms with Crippen LogP contribution in [-0.2, 0) is 0 Å². The molecule has 2 atom stereocenters. The summed E-state index contributed by atoms with van der Waals surface area (Å²) >= 11 is 5.01. The predicted octanol–water partition coefficient (Wildman–Crippen LogP) is 2.13. The summed E-state index contributed by atoms with van der Waals surface area (Å²) in [6.07, 6.45) is 2.17. The summed E-state index contributed by atoms with van der Waals surface area (Å²) in [5.41, 5.74) is 5.65. The van der Waals surface area contributed by atoms with Gasteiger partial charge in [0.15, 0.2) is 5.11 Å². The van der Waals surface area contributed by atoms with Crippen molar-refractivity contribution >= 4 is 17.3 Å². The Morgan fingerprint density at radius 3 is 1.75 bits per heavy atom. The fraction of sp³-hybridized carbons (Fsp3) is 0.889. The minimum Gasteiger partial charge on any atom is -0.376 e. The molecule has 0 aromatic carbocycles. The Labute approximate surface area is 81.1 Å². The fourth-order valence-corrected chi connectivity index (χ4v) is 1.62. The average molecular weight is 188 g/mol. The number of nitrogens with two attached hydrogens (primary N) is 1. The lowest BCUT2D eigenvalue weighted by Gasteiger charge is -2.34. The van der Waals surface area contributed by atoms with Crippen molar-refractivity contribution in [2.75, 3.05) is 0 Å². The van der Waals surface area contributed by atoms with E-state index in [0.29, 0.717) is 17.2 Å². The first-order chi connectivity index (χ1) is 5.54. The molecule has 0 bridgehead atoms. The maximum atomic E-state index is 5.65. The Hall–Kier alpha value is -0.310. The second-order valence-corrected chi connectivity index (χ2v) is 3.68. The molecule has 0 aliphatic heterocycles. The highest BCUT2D eigenvalue weighted by atomic mass is 32.1. The van der Waals surface area contributed by atoms with E-state index in [2.05, 4.69) is 32.6 Å². The molecule has 0 heterocycles. The third kappa shape index (κ3) is 2.97. The first-order valence-electron chi connectivity index (χ1n) is 4.62. The molecule has 0 rings (SSSR count). The Kier molecular flexibility index (Phi) is 5.22. The number of hydrogen-bond donors (Lipinski definition) is 1. The topological polar surface area (TPSA) is 29.3 Å². The Bertz CT molecular complexity index is 137. The molecule has 0 radical (unpaired) electrons. The first kappa shape index (κ1) is 11.7. The van der Waals surface area contributed by atoms with E-state index < -0.39 is 0 Å². The maximum Gasteiger partial charge on any atom is 0.166 e. The molecule has 0 saturated carbocycles. The Morgan fingerprint density at radius 2 is 1.58 bits per heavy atom. The zero-order valence-corrected chi connectivity index (χ0v) is 9.32. The Balaban J connectivity index is 4.32. The van der Waals surface area contributed by atoms with Crippen LogP contribution in [0.4, 0.5) is 0 Å². The van der Waals surface area contributed by atoms with E-state index in [1.807, 2.05) is 0 Å². The fourth-order valence-electron chi connectivity index (χ4n) is 1.26. The minimum absolute atomic E-state index is 0.456. The van der Waals surface area contributed by atoms with Gasteiger partial charge in [0.2, 0.25) is 0 Å². The lowest BCUT2D eigenvalue weighted by molar-refractivity contribution is 0.252. The number of rotatable bonds is 4. The van der Waals surface area contributed by atoms with Crippen molar-refractivity contribution in [1.29, 1.82) is 0 Å². The summed E-state index contributed by atoms with van der Waals surface area (Å²) in [4.78, 5) is 2.12. The third-order valence-corrected chi connectivity index (χ3v) is 2.60. The van der Waals surface area contributed by atoms with E-state index in [9.17, 15) is 0 Å². The quantitative estimate of drug-likeness (QED) is 0.685. The summed E-state index contributed by atoms with van der Waals surface area (Å²) in [7, 11) is 0. The van der Waals surface area contributed by atoms with E-state index in [4.69, 9.17) is 18.0 Å². The average Bonchev–Trinajstić information content (AvgIpc) is 2.03. The van der Waals surface area contributed by atoms with E-state index in [-0.39, 0.29) is 0 Å². The van der Waals surface area contributed by atoms with Crippen LogP contribution in [0.1, 0.15) is 40.5 Å². The second kappa shape index (κ2) is 5.36. The van der Waals surface area contributed by atoms with Crippen LogP contribution < -0.4 is 5.73 Å². The van der Waals surface area contributed by atoms with Gasteiger partial charge in [-0.25, -0.2) is 0 Å². The zero-order valence-electron chi connectivity index (χ0n) is 8.50. The van der Waals surface area contributed by atoms with Gasteiger partial charge in [-0.15, -0.1) is 0 Å². The summed E-state index contributed by atoms with van der Waals surface area (Å²) in [6, 6.07) is 0.912. The minimum atomic E-state index is 0.456. The van der Waals surface area contributed by atoms with Crippen LogP contribution in [-0.4, -0.2) is 22.1 Å². The van der Waals surface area contributed by atoms with Gasteiger partial charge in [0, 0.05) is 12.1 Å². The summed E-state index contributed by atoms with van der Waals surface area (Å²) in [5, 5.41) is 0.527. The van der Waals surface area contributed by atoms with Crippen LogP contribution in [0.15, 0.2) is 0 Å². The van der Waals surface area contributed by atoms with Crippen LogP contribution in [0.25, 0.3) is 0 Å². The van der Waals surface area contributed by atoms with Crippen LogP contribution in [0.3, 0.4) is 0 Å². The van der Waals surface area contributed by atoms with Crippen LogP contribution in [0.5, 0.6) is 0 Å². The van der Waals surface area contributed by atoms with Gasteiger partial charge in [0.1, 0.15) is 0 Å². The van der Waals surface area contributed by atoms with Crippen molar-refractivity contribution in [3.8, 4) is 0 Å². The van der Waals surface area contributed by atoms with E-state index in [0.717, 1.165) is 12.8 Å². The lowest BCUT2D eigenvalue weighted by Crippen LogP contribution is -2.47. The predicted molar refractivity (Wildman–Crippen MR) is 58.1 cm³/mol. The van der Waals surface area contributed by atoms with Crippen LogP contribution in [0.2, 0.25) is 0 Å². The van der Waals surface area contributed by atoms with Gasteiger partial charge in [-0.05, 0) is 38.9 Å². The standard InChI is InChI=1S/C9H20N2S/c1-5-7(3)11(9(10)12)8(4)6-2/h7-8H,5-6H2,1-4H3,(H2,10,12). The largest absolute Gasteiger partial charge is 0.376 e. The molecular formula is C9H20N2S. The molecule has 0 fully saturated rings. The van der Waals surface area contributed by atoms with Gasteiger partial charge in [-0.1, -0.05) is 13.8 Å². The molecule has 3 heteroatoms. The van der Waals surface area contributed by atoms with Crippen molar-refractivity contribution in [2.24, 2.45) is 5.73 Å². The van der Waals surface area contributed by atoms with Gasteiger partial charge in [-0.3, -0.25) is 0 Å². The van der Waals surface area contributed by atoms with E-state index in [1.165, 1.54) is 0 Å². The van der Waals surface area contributed by atoms with Crippen molar-refractivity contribution in [3.05, 3.63) is 0 Å². The molecule has 0 aliphatic rings. The molecule has 12 heavy (non-hydrogen) atoms. The highest BCUT2D eigenvalue weighted by Crippen LogP contribution is 2.10. The van der Waals surface area contributed by atoms with Crippen LogP contribution >= 0.6 is 12.2 Å². The highest BCUT2D eigenvalue weighted by Gasteiger charge is 2.17. The molecule has 0 saturated heterocycles. The summed E-state index contributed by atoms with van der Waals surface area (Å²) in [5.74, 6) is 0. The SMILES string of the molecule is CCC(C)N(C(N)=S)C(C)CC. The monoisotopic (exact) mass is 188 g/mol. The molecule has 0 amide bonds. The van der Waals surface area contributed by atoms with E-state index in [1.54, 1.807) is 0 Å². The van der Waals surface area contributed by atoms with E-state index >= 15 is 0 Å². The molecule has 0 aliphatic carbocycles. The van der Waals surface area contributed by atoms with Crippen LogP contribution in [0, 0.1) is 0 Å². The first-order valence-corrected chi connectivity index (χ1v) is 5.03. The molecule has 72 valence electrons. The third-order valence-electron chi connectivity index (χ3n) is 2.39. The van der Waals surface area contributed by atoms with Gasteiger partial charge in [-0.2, -0.15) is 0 Å². The van der Waals surface area contributed by atoms with Gasteiger partial charge in [0.25, 0.3) is 0 Å². The van der Waals surface area contributed by atoms with Crippen molar-refractivity contribution < 1.29 is 0 Å². The maximum absolute atomic E-state index is 5.65. The molecule has 2 nitrogen and oxygen atoms in total. The molecule has 0 spiro atoms. The normalized spacial score (nSPS) is 15.3. The highest BCUT2D eigenvalue weighted by molar-refractivity contribution is 7.80. The van der Waals surface area contributed by atoms with Gasteiger partial charge in [0.05, 0.1) is 0 Å². The molecule has 0 aromatic heterocycles. The Morgan fingerprint density at radius 1 is 1.25 bits per heavy atom. The second-order valence-electron chi connectivity index (χ2n) is 3.26. The van der Waals surface area contributed by atoms with Crippen molar-refractivity contribution in [3.63, 3.8) is 0 Å². The molecule has 0 aromatic rings. The van der Waals surface area contributed by atoms with Crippen molar-refractivity contribution in [1.82, 2.24) is 4.90 Å². The number of nitrogens with zero attached hydrogens (tertiary/aromatic N) is 1. The smallest absolute Gasteiger partial charge is 0.166 e. The molecule has 2 N–H and O–H groups in total. The zero-order chi connectivity index (χ0) is 9.72. The number of hydrogen-bond acceptors (Lipinski definition) is 1. The number of thiocarbonyl (C=S) groups is 1. The lowest BCUT2D eigenvalue weighted by atomic mass is 10.1. The van der Waals surface area contributed by atoms with Crippen molar-refractivity contribution in [2.45, 2.75) is 52.6 Å².